The maximum Gasteiger partial charge on any atom is 0.0537 e. The molecule has 0 nitrogen and oxygen atoms in total. The van der Waals surface area contributed by atoms with Crippen LogP contribution in [0.5, 0.6) is 0 Å². The topological polar surface area (TPSA) is 0 Å². The van der Waals surface area contributed by atoms with Gasteiger partial charge in [0, 0.05) is 0 Å². The normalized spacial score (nSPS) is 12.5. The lowest BCUT2D eigenvalue weighted by molar-refractivity contribution is 1.42. The van der Waals surface area contributed by atoms with Crippen LogP contribution in [0.2, 0.25) is 0 Å². The van der Waals surface area contributed by atoms with E-state index in [4.69, 9.17) is 2.74 Å². The van der Waals surface area contributed by atoms with Crippen LogP contribution in [-0.2, 0) is 0 Å². The number of hydrogen-bond acceptors (Lipinski definition) is 0. The summed E-state index contributed by atoms with van der Waals surface area (Å²) >= 11 is 0. The van der Waals surface area contributed by atoms with Crippen LogP contribution in [0.15, 0.2) is 12.1 Å². The van der Waals surface area contributed by atoms with Crippen LogP contribution in [0.4, 0.5) is 0 Å². The van der Waals surface area contributed by atoms with Crippen molar-refractivity contribution in [2.24, 2.45) is 0 Å². The zero-order valence-electron chi connectivity index (χ0n) is 5.00. The second-order valence-electron chi connectivity index (χ2n) is 1.00. The summed E-state index contributed by atoms with van der Waals surface area (Å²) in [6, 6.07) is 0. The molecule has 0 aromatic heterocycles. The fourth-order valence-electron chi connectivity index (χ4n) is 0. The van der Waals surface area contributed by atoms with Crippen LogP contribution >= 0.6 is 0 Å². The summed E-state index contributed by atoms with van der Waals surface area (Å²) in [6.07, 6.45) is 0. The van der Waals surface area contributed by atoms with Crippen LogP contribution < -0.4 is 0 Å². The van der Waals surface area contributed by atoms with Crippen molar-refractivity contribution < 1.29 is 2.74 Å². The Hall–Kier alpha value is -0.260. The third-order valence-corrected chi connectivity index (χ3v) is 0. The summed E-state index contributed by atoms with van der Waals surface area (Å²) in [5, 5.41) is 0. The lowest BCUT2D eigenvalue weighted by atomic mass is 10.4. The fourth-order valence-corrected chi connectivity index (χ4v) is 0. The summed E-state index contributed by atoms with van der Waals surface area (Å²) in [4.78, 5) is 0. The molecule has 0 N–H and O–H groups in total. The van der Waals surface area contributed by atoms with E-state index < -0.39 is 0 Å². The van der Waals surface area contributed by atoms with Crippen molar-refractivity contribution in [1.82, 2.24) is 0 Å². The zero-order valence-corrected chi connectivity index (χ0v) is 3.00. The molecule has 0 aliphatic heterocycles. The second-order valence-corrected chi connectivity index (χ2v) is 1.00. The molecule has 0 saturated carbocycles. The molecule has 0 spiro atoms. The molecule has 0 aromatic rings. The summed E-state index contributed by atoms with van der Waals surface area (Å²) in [5.41, 5.74) is 0.759. The van der Waals surface area contributed by atoms with E-state index in [1.54, 1.807) is 13.8 Å². The predicted molar refractivity (Wildman–Crippen MR) is 20.5 cm³/mol. The third-order valence-electron chi connectivity index (χ3n) is 0. The molecule has 0 aliphatic rings. The molecule has 0 heterocycles. The maximum atomic E-state index is 6.58. The van der Waals surface area contributed by atoms with Crippen LogP contribution in [-0.4, -0.2) is 0 Å². The van der Waals surface area contributed by atoms with Crippen molar-refractivity contribution in [1.29, 1.82) is 0 Å². The maximum absolute atomic E-state index is 6.58. The lowest BCUT2D eigenvalue weighted by Gasteiger charge is -1.65. The van der Waals surface area contributed by atoms with Gasteiger partial charge >= 0.3 is 0 Å². The molecular weight excluding hydrogens is 48.0 g/mol. The minimum Gasteiger partial charge on any atom is -0.100 e. The highest BCUT2D eigenvalue weighted by atomic mass is 13.6. The van der Waals surface area contributed by atoms with Gasteiger partial charge in [-0.15, -0.1) is 6.53 Å². The molecule has 0 bridgehead atoms. The van der Waals surface area contributed by atoms with Crippen LogP contribution in [0.3, 0.4) is 0 Å². The first kappa shape index (κ1) is 1.25. The van der Waals surface area contributed by atoms with Gasteiger partial charge in [0.1, 0.15) is 0 Å². The molecule has 24 valence electrons. The number of hydrogen-bond donors (Lipinski definition) is 0. The molecule has 0 aliphatic carbocycles. The van der Waals surface area contributed by atoms with Gasteiger partial charge < -0.3 is 0 Å². The van der Waals surface area contributed by atoms with Gasteiger partial charge in [-0.25, -0.2) is 0 Å². The Labute approximate surface area is 30.0 Å². The molecule has 0 rings (SSSR count). The summed E-state index contributed by atoms with van der Waals surface area (Å²) in [5.74, 6) is 0. The summed E-state index contributed by atoms with van der Waals surface area (Å²) in [6.45, 7) is 3.42. The van der Waals surface area contributed by atoms with E-state index in [1.807, 2.05) is 0 Å². The van der Waals surface area contributed by atoms with Crippen LogP contribution in [0.1, 0.15) is 16.6 Å². The molecule has 0 radical (unpaired) electrons. The first-order valence-electron chi connectivity index (χ1n) is 2.25. The van der Waals surface area contributed by atoms with E-state index in [0.29, 0.717) is 0 Å². The van der Waals surface area contributed by atoms with Gasteiger partial charge in [0.25, 0.3) is 0 Å². The van der Waals surface area contributed by atoms with Gasteiger partial charge in [-0.2, -0.15) is 0 Å². The number of rotatable bonds is 0. The second kappa shape index (κ2) is 1.10. The van der Waals surface area contributed by atoms with Gasteiger partial charge in [0.2, 0.25) is 0 Å². The van der Waals surface area contributed by atoms with Gasteiger partial charge in [-0.05, 0) is 13.8 Å². The van der Waals surface area contributed by atoms with Crippen molar-refractivity contribution >= 4 is 0 Å². The molecule has 0 heteroatoms. The van der Waals surface area contributed by atoms with Gasteiger partial charge in [0.05, 0.1) is 2.74 Å². The average Bonchev–Trinajstić information content (AvgIpc) is 1.36. The quantitative estimate of drug-likeness (QED) is 0.371. The molecule has 0 aromatic carbocycles. The van der Waals surface area contributed by atoms with E-state index >= 15 is 0 Å². The average molecular weight is 58.1 g/mol. The standard InChI is InChI=1S/C4H8/c1-4(2)3/h1H2,2-3H3/i1D2. The highest BCUT2D eigenvalue weighted by Gasteiger charge is 1.51. The highest BCUT2D eigenvalue weighted by Crippen LogP contribution is 1.73. The van der Waals surface area contributed by atoms with Crippen molar-refractivity contribution in [2.75, 3.05) is 0 Å². The summed E-state index contributed by atoms with van der Waals surface area (Å²) in [7, 11) is 0. The van der Waals surface area contributed by atoms with E-state index in [0.717, 1.165) is 5.57 Å². The van der Waals surface area contributed by atoms with Gasteiger partial charge in [0.15, 0.2) is 0 Å². The first-order valence-corrected chi connectivity index (χ1v) is 1.25. The fraction of sp³-hybridized carbons (Fsp3) is 0.500. The Bertz CT molecular complexity index is 55.6. The van der Waals surface area contributed by atoms with Crippen molar-refractivity contribution in [2.45, 2.75) is 13.8 Å². The van der Waals surface area contributed by atoms with E-state index in [9.17, 15) is 0 Å². The summed E-state index contributed by atoms with van der Waals surface area (Å²) < 4.78 is 13.2. The first-order chi connectivity index (χ1) is 2.64. The smallest absolute Gasteiger partial charge is 0.0537 e. The lowest BCUT2D eigenvalue weighted by Crippen LogP contribution is -1.43. The molecule has 0 amide bonds. The monoisotopic (exact) mass is 58.1 g/mol. The van der Waals surface area contributed by atoms with E-state index in [-0.39, 0.29) is 6.53 Å². The Morgan fingerprint density at radius 1 is 2.00 bits per heavy atom. The number of allylic oxidation sites excluding steroid dienone is 1. The van der Waals surface area contributed by atoms with Crippen molar-refractivity contribution in [3.05, 3.63) is 12.1 Å². The predicted octanol–water partition coefficient (Wildman–Crippen LogP) is 1.58. The molecule has 4 heavy (non-hydrogen) atoms. The van der Waals surface area contributed by atoms with Crippen molar-refractivity contribution in [3.8, 4) is 0 Å². The molecule has 0 fully saturated rings. The Morgan fingerprint density at radius 3 is 2.25 bits per heavy atom. The minimum absolute atomic E-state index is 0.0741. The molecule has 0 unspecified atom stereocenters. The van der Waals surface area contributed by atoms with Crippen LogP contribution in [0.25, 0.3) is 0 Å². The van der Waals surface area contributed by atoms with Gasteiger partial charge in [-0.1, -0.05) is 5.57 Å². The van der Waals surface area contributed by atoms with E-state index in [2.05, 4.69) is 0 Å². The molecular formula is C4H8. The Morgan fingerprint density at radius 2 is 2.25 bits per heavy atom. The van der Waals surface area contributed by atoms with Gasteiger partial charge in [-0.3, -0.25) is 0 Å². The minimum atomic E-state index is -0.0741. The zero-order chi connectivity index (χ0) is 5.15. The largest absolute Gasteiger partial charge is 0.100 e. The van der Waals surface area contributed by atoms with Crippen LogP contribution in [0, 0.1) is 0 Å². The third kappa shape index (κ3) is 14.1. The van der Waals surface area contributed by atoms with E-state index in [1.165, 1.54) is 0 Å². The molecule has 0 saturated heterocycles. The SMILES string of the molecule is [2H]C([2H])=C(C)C. The van der Waals surface area contributed by atoms with Crippen molar-refractivity contribution in [3.63, 3.8) is 0 Å². The molecule has 0 atom stereocenters. The Balaban J connectivity index is 3.68. The highest BCUT2D eigenvalue weighted by molar-refractivity contribution is 4.78. The Kier molecular flexibility index (Phi) is 0.345.